The van der Waals surface area contributed by atoms with Crippen LogP contribution < -0.4 is 0 Å². The Morgan fingerprint density at radius 2 is 1.77 bits per heavy atom. The maximum Gasteiger partial charge on any atom is 0.233 e. The summed E-state index contributed by atoms with van der Waals surface area (Å²) < 4.78 is 0. The number of piperidine rings is 1. The van der Waals surface area contributed by atoms with Gasteiger partial charge in [0.15, 0.2) is 0 Å². The maximum atomic E-state index is 12.2. The van der Waals surface area contributed by atoms with E-state index in [4.69, 9.17) is 11.6 Å². The van der Waals surface area contributed by atoms with Gasteiger partial charge in [-0.25, -0.2) is 0 Å². The van der Waals surface area contributed by atoms with Gasteiger partial charge in [-0.05, 0) is 43.6 Å². The molecule has 2 saturated heterocycles. The van der Waals surface area contributed by atoms with E-state index in [1.54, 1.807) is 11.8 Å². The Balaban J connectivity index is 0.00000176. The summed E-state index contributed by atoms with van der Waals surface area (Å²) in [6, 6.07) is 7.88. The molecule has 2 fully saturated rings. The SMILES string of the molecule is Cl.O=C1CSC(c2ccc(Cl)cc2)N1CCN1CCCCC1. The van der Waals surface area contributed by atoms with Gasteiger partial charge in [0.25, 0.3) is 0 Å². The first kappa shape index (κ1) is 17.9. The zero-order chi connectivity index (χ0) is 14.7. The molecule has 2 heterocycles. The van der Waals surface area contributed by atoms with E-state index in [0.717, 1.165) is 18.1 Å². The highest BCUT2D eigenvalue weighted by Gasteiger charge is 2.32. The Bertz CT molecular complexity index is 491. The minimum atomic E-state index is 0. The monoisotopic (exact) mass is 360 g/mol. The van der Waals surface area contributed by atoms with Crippen molar-refractivity contribution in [2.45, 2.75) is 24.6 Å². The number of halogens is 2. The zero-order valence-corrected chi connectivity index (χ0v) is 14.9. The molecule has 122 valence electrons. The second-order valence-electron chi connectivity index (χ2n) is 5.70. The van der Waals surface area contributed by atoms with Crippen molar-refractivity contribution >= 4 is 41.7 Å². The lowest BCUT2D eigenvalue weighted by molar-refractivity contribution is -0.128. The van der Waals surface area contributed by atoms with Crippen molar-refractivity contribution in [3.05, 3.63) is 34.9 Å². The van der Waals surface area contributed by atoms with Gasteiger partial charge in [-0.1, -0.05) is 30.2 Å². The van der Waals surface area contributed by atoms with E-state index in [9.17, 15) is 4.79 Å². The summed E-state index contributed by atoms with van der Waals surface area (Å²) in [4.78, 5) is 16.7. The highest BCUT2D eigenvalue weighted by Crippen LogP contribution is 2.38. The third kappa shape index (κ3) is 4.31. The predicted molar refractivity (Wildman–Crippen MR) is 95.9 cm³/mol. The van der Waals surface area contributed by atoms with Crippen molar-refractivity contribution in [2.75, 3.05) is 31.9 Å². The quantitative estimate of drug-likeness (QED) is 0.815. The number of carbonyl (C=O) groups is 1. The molecule has 6 heteroatoms. The van der Waals surface area contributed by atoms with Crippen molar-refractivity contribution in [2.24, 2.45) is 0 Å². The van der Waals surface area contributed by atoms with E-state index < -0.39 is 0 Å². The number of likely N-dealkylation sites (tertiary alicyclic amines) is 1. The van der Waals surface area contributed by atoms with E-state index in [-0.39, 0.29) is 23.7 Å². The summed E-state index contributed by atoms with van der Waals surface area (Å²) in [6.45, 7) is 4.19. The summed E-state index contributed by atoms with van der Waals surface area (Å²) >= 11 is 7.67. The van der Waals surface area contributed by atoms with E-state index in [1.807, 2.05) is 29.2 Å². The molecule has 3 rings (SSSR count). The number of thioether (sulfide) groups is 1. The number of nitrogens with zero attached hydrogens (tertiary/aromatic N) is 2. The minimum Gasteiger partial charge on any atom is -0.325 e. The number of amides is 1. The van der Waals surface area contributed by atoms with Crippen LogP contribution in [0.15, 0.2) is 24.3 Å². The summed E-state index contributed by atoms with van der Waals surface area (Å²) in [5, 5.41) is 0.896. The first-order valence-corrected chi connectivity index (χ1v) is 9.05. The number of hydrogen-bond acceptors (Lipinski definition) is 3. The Hall–Kier alpha value is -0.420. The molecular weight excluding hydrogens is 339 g/mol. The zero-order valence-electron chi connectivity index (χ0n) is 12.5. The molecule has 1 atom stereocenters. The average Bonchev–Trinajstić information content (AvgIpc) is 2.88. The normalized spacial score (nSPS) is 22.7. The lowest BCUT2D eigenvalue weighted by Gasteiger charge is -2.30. The summed E-state index contributed by atoms with van der Waals surface area (Å²) in [5.74, 6) is 0.852. The van der Waals surface area contributed by atoms with Crippen molar-refractivity contribution < 1.29 is 4.79 Å². The molecule has 1 unspecified atom stereocenters. The fraction of sp³-hybridized carbons (Fsp3) is 0.562. The first-order chi connectivity index (χ1) is 10.2. The minimum absolute atomic E-state index is 0. The molecule has 2 aliphatic rings. The van der Waals surface area contributed by atoms with E-state index in [1.165, 1.54) is 37.9 Å². The molecule has 0 bridgehead atoms. The number of hydrogen-bond donors (Lipinski definition) is 0. The van der Waals surface area contributed by atoms with Crippen LogP contribution in [0.25, 0.3) is 0 Å². The van der Waals surface area contributed by atoms with Gasteiger partial charge in [0.05, 0.1) is 5.75 Å². The smallest absolute Gasteiger partial charge is 0.233 e. The fourth-order valence-electron chi connectivity index (χ4n) is 3.03. The van der Waals surface area contributed by atoms with Crippen LogP contribution in [0.4, 0.5) is 0 Å². The number of rotatable bonds is 4. The molecule has 1 amide bonds. The molecule has 2 aliphatic heterocycles. The van der Waals surface area contributed by atoms with Crippen molar-refractivity contribution in [1.29, 1.82) is 0 Å². The standard InChI is InChI=1S/C16H21ClN2OS.ClH/c17-14-6-4-13(5-7-14)16-19(15(20)12-21-16)11-10-18-8-2-1-3-9-18;/h4-7,16H,1-3,8-12H2;1H. The lowest BCUT2D eigenvalue weighted by atomic mass is 10.1. The van der Waals surface area contributed by atoms with Crippen LogP contribution >= 0.6 is 35.8 Å². The molecule has 0 spiro atoms. The Morgan fingerprint density at radius 1 is 1.09 bits per heavy atom. The van der Waals surface area contributed by atoms with Gasteiger partial charge in [-0.3, -0.25) is 4.79 Å². The van der Waals surface area contributed by atoms with Crippen LogP contribution in [-0.2, 0) is 4.79 Å². The van der Waals surface area contributed by atoms with Gasteiger partial charge in [0.2, 0.25) is 5.91 Å². The van der Waals surface area contributed by atoms with Gasteiger partial charge >= 0.3 is 0 Å². The largest absolute Gasteiger partial charge is 0.325 e. The average molecular weight is 361 g/mol. The van der Waals surface area contributed by atoms with Crippen molar-refractivity contribution in [3.8, 4) is 0 Å². The molecule has 0 radical (unpaired) electrons. The van der Waals surface area contributed by atoms with Crippen molar-refractivity contribution in [3.63, 3.8) is 0 Å². The summed E-state index contributed by atoms with van der Waals surface area (Å²) in [5.41, 5.74) is 1.17. The Morgan fingerprint density at radius 3 is 2.45 bits per heavy atom. The lowest BCUT2D eigenvalue weighted by Crippen LogP contribution is -2.39. The Labute approximate surface area is 147 Å². The third-order valence-electron chi connectivity index (χ3n) is 4.23. The van der Waals surface area contributed by atoms with Crippen LogP contribution in [0.3, 0.4) is 0 Å². The van der Waals surface area contributed by atoms with E-state index >= 15 is 0 Å². The van der Waals surface area contributed by atoms with E-state index in [0.29, 0.717) is 5.75 Å². The highest BCUT2D eigenvalue weighted by atomic mass is 35.5. The van der Waals surface area contributed by atoms with Crippen LogP contribution in [-0.4, -0.2) is 47.6 Å². The number of benzene rings is 1. The molecule has 22 heavy (non-hydrogen) atoms. The number of carbonyl (C=O) groups excluding carboxylic acids is 1. The molecule has 0 saturated carbocycles. The fourth-order valence-corrected chi connectivity index (χ4v) is 4.38. The van der Waals surface area contributed by atoms with Crippen molar-refractivity contribution in [1.82, 2.24) is 9.80 Å². The molecule has 1 aromatic carbocycles. The maximum absolute atomic E-state index is 12.2. The van der Waals surface area contributed by atoms with Crippen LogP contribution in [0.2, 0.25) is 5.02 Å². The molecule has 1 aromatic rings. The molecule has 0 aromatic heterocycles. The van der Waals surface area contributed by atoms with Gasteiger partial charge in [0, 0.05) is 18.1 Å². The predicted octanol–water partition coefficient (Wildman–Crippen LogP) is 3.82. The second kappa shape index (κ2) is 8.44. The molecule has 0 N–H and O–H groups in total. The first-order valence-electron chi connectivity index (χ1n) is 7.63. The van der Waals surface area contributed by atoms with Gasteiger partial charge in [0.1, 0.15) is 5.37 Å². The summed E-state index contributed by atoms with van der Waals surface area (Å²) in [6.07, 6.45) is 3.94. The van der Waals surface area contributed by atoms with Gasteiger partial charge in [-0.2, -0.15) is 0 Å². The van der Waals surface area contributed by atoms with Crippen LogP contribution in [0, 0.1) is 0 Å². The third-order valence-corrected chi connectivity index (χ3v) is 5.74. The van der Waals surface area contributed by atoms with E-state index in [2.05, 4.69) is 4.90 Å². The van der Waals surface area contributed by atoms with Gasteiger partial charge < -0.3 is 9.80 Å². The molecular formula is C16H22Cl2N2OS. The summed E-state index contributed by atoms with van der Waals surface area (Å²) in [7, 11) is 0. The molecule has 0 aliphatic carbocycles. The second-order valence-corrected chi connectivity index (χ2v) is 7.21. The van der Waals surface area contributed by atoms with Crippen LogP contribution in [0.1, 0.15) is 30.2 Å². The highest BCUT2D eigenvalue weighted by molar-refractivity contribution is 8.00. The van der Waals surface area contributed by atoms with Gasteiger partial charge in [-0.15, -0.1) is 24.2 Å². The Kier molecular flexibility index (Phi) is 6.87. The topological polar surface area (TPSA) is 23.6 Å². The molecule has 3 nitrogen and oxygen atoms in total. The van der Waals surface area contributed by atoms with Crippen LogP contribution in [0.5, 0.6) is 0 Å².